The fourth-order valence-corrected chi connectivity index (χ4v) is 2.40. The van der Waals surface area contributed by atoms with Gasteiger partial charge in [0.05, 0.1) is 35.5 Å². The van der Waals surface area contributed by atoms with Crippen LogP contribution in [0.3, 0.4) is 0 Å². The highest BCUT2D eigenvalue weighted by atomic mass is 19.4. The van der Waals surface area contributed by atoms with E-state index in [1.807, 2.05) is 0 Å². The summed E-state index contributed by atoms with van der Waals surface area (Å²) in [4.78, 5) is 34.5. The lowest BCUT2D eigenvalue weighted by Gasteiger charge is -2.12. The Labute approximate surface area is 166 Å². The number of nitrogens with one attached hydrogen (secondary N) is 2. The van der Waals surface area contributed by atoms with Crippen molar-refractivity contribution in [3.8, 4) is 16.9 Å². The van der Waals surface area contributed by atoms with Crippen molar-refractivity contribution in [1.29, 1.82) is 0 Å². The summed E-state index contributed by atoms with van der Waals surface area (Å²) in [6.07, 6.45) is 0.239. The van der Waals surface area contributed by atoms with Crippen LogP contribution in [0.4, 0.5) is 23.8 Å². The van der Waals surface area contributed by atoms with Crippen LogP contribution >= 0.6 is 0 Å². The molecule has 0 saturated carbocycles. The van der Waals surface area contributed by atoms with Gasteiger partial charge in [0.2, 0.25) is 0 Å². The molecule has 3 aromatic rings. The monoisotopic (exact) mass is 421 g/mol. The number of aromatic carboxylic acids is 1. The first-order chi connectivity index (χ1) is 14.2. The van der Waals surface area contributed by atoms with Gasteiger partial charge < -0.3 is 10.4 Å². The lowest BCUT2D eigenvalue weighted by atomic mass is 10.1. The summed E-state index contributed by atoms with van der Waals surface area (Å²) < 4.78 is 39.9. The molecule has 0 fully saturated rings. The van der Waals surface area contributed by atoms with Crippen molar-refractivity contribution in [1.82, 2.24) is 30.0 Å². The van der Waals surface area contributed by atoms with Crippen molar-refractivity contribution in [3.05, 3.63) is 48.3 Å². The van der Waals surface area contributed by atoms with Gasteiger partial charge in [-0.15, -0.1) is 0 Å². The van der Waals surface area contributed by atoms with E-state index in [-0.39, 0.29) is 28.5 Å². The molecule has 30 heavy (non-hydrogen) atoms. The Hall–Kier alpha value is -4.03. The summed E-state index contributed by atoms with van der Waals surface area (Å²) in [6.45, 7) is 2.07. The third kappa shape index (κ3) is 4.51. The van der Waals surface area contributed by atoms with Gasteiger partial charge in [-0.25, -0.2) is 24.2 Å². The first-order valence-corrected chi connectivity index (χ1v) is 8.42. The van der Waals surface area contributed by atoms with Crippen LogP contribution in [0, 0.1) is 0 Å². The van der Waals surface area contributed by atoms with E-state index in [1.165, 1.54) is 12.3 Å². The Balaban J connectivity index is 2.08. The maximum Gasteiger partial charge on any atom is 0.419 e. The fraction of sp³-hybridized carbons (Fsp3) is 0.176. The molecule has 0 bridgehead atoms. The molecule has 0 aliphatic rings. The molecule has 0 spiro atoms. The van der Waals surface area contributed by atoms with E-state index in [0.29, 0.717) is 12.7 Å². The lowest BCUT2D eigenvalue weighted by molar-refractivity contribution is -0.137. The smallest absolute Gasteiger partial charge is 0.419 e. The molecule has 3 rings (SSSR count). The van der Waals surface area contributed by atoms with E-state index in [9.17, 15) is 22.8 Å². The highest BCUT2D eigenvalue weighted by Gasteiger charge is 2.32. The Kier molecular flexibility index (Phi) is 5.62. The summed E-state index contributed by atoms with van der Waals surface area (Å²) in [7, 11) is 0. The van der Waals surface area contributed by atoms with Gasteiger partial charge >= 0.3 is 18.2 Å². The number of urea groups is 1. The molecule has 3 heterocycles. The van der Waals surface area contributed by atoms with Crippen LogP contribution in [0.5, 0.6) is 0 Å². The van der Waals surface area contributed by atoms with Crippen LogP contribution in [0.1, 0.15) is 23.0 Å². The van der Waals surface area contributed by atoms with Crippen LogP contribution in [-0.2, 0) is 6.18 Å². The molecule has 2 amide bonds. The van der Waals surface area contributed by atoms with Crippen LogP contribution in [-0.4, -0.2) is 48.4 Å². The van der Waals surface area contributed by atoms with Gasteiger partial charge in [-0.05, 0) is 6.92 Å². The van der Waals surface area contributed by atoms with Gasteiger partial charge in [-0.3, -0.25) is 10.3 Å². The van der Waals surface area contributed by atoms with E-state index in [0.717, 1.165) is 23.3 Å². The molecule has 0 aliphatic carbocycles. The van der Waals surface area contributed by atoms with E-state index < -0.39 is 23.7 Å². The molecular formula is C17H14F3N7O3. The zero-order valence-electron chi connectivity index (χ0n) is 15.3. The second-order valence-corrected chi connectivity index (χ2v) is 5.83. The van der Waals surface area contributed by atoms with Crippen molar-refractivity contribution >= 4 is 17.8 Å². The number of halogens is 3. The zero-order chi connectivity index (χ0) is 21.9. The maximum atomic E-state index is 13.0. The molecule has 0 aromatic carbocycles. The van der Waals surface area contributed by atoms with Crippen molar-refractivity contribution < 1.29 is 27.9 Å². The van der Waals surface area contributed by atoms with E-state index in [2.05, 4.69) is 30.7 Å². The zero-order valence-corrected chi connectivity index (χ0v) is 15.3. The molecule has 13 heteroatoms. The molecule has 3 N–H and O–H groups in total. The van der Waals surface area contributed by atoms with Crippen molar-refractivity contribution in [2.45, 2.75) is 13.1 Å². The number of carboxylic acid groups (broad SMARTS) is 1. The number of alkyl halides is 3. The molecular weight excluding hydrogens is 407 g/mol. The number of hydrogen-bond acceptors (Lipinski definition) is 6. The van der Waals surface area contributed by atoms with Crippen LogP contribution < -0.4 is 10.6 Å². The second kappa shape index (κ2) is 8.14. The van der Waals surface area contributed by atoms with Crippen molar-refractivity contribution in [2.75, 3.05) is 11.9 Å². The molecule has 0 radical (unpaired) electrons. The Bertz CT molecular complexity index is 1080. The number of pyridine rings is 1. The van der Waals surface area contributed by atoms with Crippen LogP contribution in [0.25, 0.3) is 16.9 Å². The van der Waals surface area contributed by atoms with Crippen LogP contribution in [0.2, 0.25) is 0 Å². The van der Waals surface area contributed by atoms with Gasteiger partial charge in [-0.2, -0.15) is 18.3 Å². The topological polar surface area (TPSA) is 135 Å². The van der Waals surface area contributed by atoms with Gasteiger partial charge in [-0.1, -0.05) is 0 Å². The third-order valence-electron chi connectivity index (χ3n) is 3.76. The maximum absolute atomic E-state index is 13.0. The summed E-state index contributed by atoms with van der Waals surface area (Å²) in [5, 5.41) is 17.6. The quantitative estimate of drug-likeness (QED) is 0.576. The largest absolute Gasteiger partial charge is 0.476 e. The molecule has 0 unspecified atom stereocenters. The Morgan fingerprint density at radius 3 is 2.47 bits per heavy atom. The third-order valence-corrected chi connectivity index (χ3v) is 3.76. The summed E-state index contributed by atoms with van der Waals surface area (Å²) >= 11 is 0. The standard InChI is InChI=1S/C17H14F3N7O3/c1-2-21-16(30)26-14-3-13(27-8-9(4-25-27)17(18,19)20)10(5-24-14)11-6-23-12(7-22-11)15(28)29/h3-8H,2H2,1H3,(H,28,29)(H2,21,24,26,30). The highest BCUT2D eigenvalue weighted by molar-refractivity contribution is 5.89. The highest BCUT2D eigenvalue weighted by Crippen LogP contribution is 2.31. The Morgan fingerprint density at radius 1 is 1.13 bits per heavy atom. The first-order valence-electron chi connectivity index (χ1n) is 8.42. The average Bonchev–Trinajstić information content (AvgIpc) is 3.19. The normalized spacial score (nSPS) is 11.2. The number of amides is 2. The van der Waals surface area contributed by atoms with Gasteiger partial charge in [0, 0.05) is 30.6 Å². The molecule has 3 aromatic heterocycles. The number of carboxylic acids is 1. The number of nitrogens with zero attached hydrogens (tertiary/aromatic N) is 5. The number of anilines is 1. The fourth-order valence-electron chi connectivity index (χ4n) is 2.40. The lowest BCUT2D eigenvalue weighted by Crippen LogP contribution is -2.28. The minimum Gasteiger partial charge on any atom is -0.476 e. The number of rotatable bonds is 5. The average molecular weight is 421 g/mol. The van der Waals surface area contributed by atoms with E-state index >= 15 is 0 Å². The number of carbonyl (C=O) groups is 2. The summed E-state index contributed by atoms with van der Waals surface area (Å²) in [6, 6.07) is 0.760. The number of aromatic nitrogens is 5. The minimum absolute atomic E-state index is 0.0545. The SMILES string of the molecule is CCNC(=O)Nc1cc(-n2cc(C(F)(F)F)cn2)c(-c2cnc(C(=O)O)cn2)cn1. The molecule has 0 aliphatic heterocycles. The van der Waals surface area contributed by atoms with Crippen molar-refractivity contribution in [2.24, 2.45) is 0 Å². The predicted octanol–water partition coefficient (Wildman–Crippen LogP) is 2.58. The van der Waals surface area contributed by atoms with E-state index in [4.69, 9.17) is 5.11 Å². The van der Waals surface area contributed by atoms with Gasteiger partial charge in [0.1, 0.15) is 5.82 Å². The van der Waals surface area contributed by atoms with Gasteiger partial charge in [0.25, 0.3) is 0 Å². The Morgan fingerprint density at radius 2 is 1.90 bits per heavy atom. The molecule has 0 atom stereocenters. The molecule has 10 nitrogen and oxygen atoms in total. The number of hydrogen-bond donors (Lipinski definition) is 3. The minimum atomic E-state index is -4.60. The second-order valence-electron chi connectivity index (χ2n) is 5.83. The van der Waals surface area contributed by atoms with Crippen molar-refractivity contribution in [3.63, 3.8) is 0 Å². The molecule has 156 valence electrons. The summed E-state index contributed by atoms with van der Waals surface area (Å²) in [5.41, 5.74) is -0.796. The molecule has 0 saturated heterocycles. The number of carbonyl (C=O) groups excluding carboxylic acids is 1. The van der Waals surface area contributed by atoms with E-state index in [1.54, 1.807) is 6.92 Å². The predicted molar refractivity (Wildman–Crippen MR) is 97.0 cm³/mol. The summed E-state index contributed by atoms with van der Waals surface area (Å²) in [5.74, 6) is -1.23. The first kappa shape index (κ1) is 20.7. The van der Waals surface area contributed by atoms with Gasteiger partial charge in [0.15, 0.2) is 5.69 Å². The van der Waals surface area contributed by atoms with Crippen LogP contribution in [0.15, 0.2) is 37.1 Å².